The molecular weight excluding hydrogens is 643 g/mol. The van der Waals surface area contributed by atoms with Crippen molar-refractivity contribution in [2.24, 2.45) is 0 Å². The number of nitrogens with one attached hydrogen (secondary N) is 1. The fourth-order valence-corrected chi connectivity index (χ4v) is 9.37. The van der Waals surface area contributed by atoms with Crippen molar-refractivity contribution in [3.8, 4) is 0 Å². The number of fused-ring (bicyclic) bond motifs is 2. The highest BCUT2D eigenvalue weighted by Gasteiger charge is 2.27. The molecule has 1 N–H and O–H groups in total. The lowest BCUT2D eigenvalue weighted by Gasteiger charge is -2.37. The summed E-state index contributed by atoms with van der Waals surface area (Å²) in [5, 5.41) is 2.71. The summed E-state index contributed by atoms with van der Waals surface area (Å²) in [4.78, 5) is 13.5. The van der Waals surface area contributed by atoms with Crippen LogP contribution in [-0.4, -0.2) is 70.5 Å². The Labute approximate surface area is 280 Å². The maximum atomic E-state index is 13.9. The molecule has 6 aromatic rings. The Balaban J connectivity index is 1.14. The summed E-state index contributed by atoms with van der Waals surface area (Å²) in [6, 6.07) is 30.3. The van der Waals surface area contributed by atoms with Crippen molar-refractivity contribution in [2.75, 3.05) is 37.6 Å². The summed E-state index contributed by atoms with van der Waals surface area (Å²) in [5.74, 6) is 0. The van der Waals surface area contributed by atoms with E-state index in [2.05, 4.69) is 36.6 Å². The van der Waals surface area contributed by atoms with Gasteiger partial charge in [-0.1, -0.05) is 54.6 Å². The fraction of sp³-hybridized carbons (Fsp3) is 0.189. The number of aromatic nitrogens is 2. The van der Waals surface area contributed by atoms with Gasteiger partial charge < -0.3 is 4.90 Å². The zero-order valence-electron chi connectivity index (χ0n) is 26.2. The Morgan fingerprint density at radius 1 is 0.646 bits per heavy atom. The molecule has 244 valence electrons. The van der Waals surface area contributed by atoms with E-state index in [1.165, 1.54) is 5.69 Å². The molecule has 0 radical (unpaired) electrons. The van der Waals surface area contributed by atoms with Gasteiger partial charge in [-0.05, 0) is 60.5 Å². The first-order valence-electron chi connectivity index (χ1n) is 15.8. The van der Waals surface area contributed by atoms with Gasteiger partial charge in [0, 0.05) is 90.8 Å². The van der Waals surface area contributed by atoms with Gasteiger partial charge in [-0.2, -0.15) is 0 Å². The zero-order chi connectivity index (χ0) is 33.1. The van der Waals surface area contributed by atoms with E-state index in [9.17, 15) is 16.8 Å². The van der Waals surface area contributed by atoms with Gasteiger partial charge >= 0.3 is 0 Å². The van der Waals surface area contributed by atoms with Crippen LogP contribution in [0, 0.1) is 0 Å². The number of para-hydroxylation sites is 1. The van der Waals surface area contributed by atoms with Crippen LogP contribution in [0.4, 0.5) is 5.69 Å². The number of sulfonamides is 1. The topological polar surface area (TPSA) is 113 Å². The molecule has 0 aliphatic carbocycles. The maximum absolute atomic E-state index is 13.9. The number of hydrogen-bond donors (Lipinski definition) is 1. The first-order valence-corrected chi connectivity index (χ1v) is 18.8. The maximum Gasteiger partial charge on any atom is 0.241 e. The van der Waals surface area contributed by atoms with Crippen LogP contribution in [0.5, 0.6) is 0 Å². The SMILES string of the molecule is O=S(=O)(NC(Cc1ccc(S(=O)(=O)c2cccc3cnccc23)cc1)CN1CCN(c2ccccc2)CC1)c1cccc2cnccc12. The van der Waals surface area contributed by atoms with Gasteiger partial charge in [0.15, 0.2) is 0 Å². The molecule has 1 saturated heterocycles. The van der Waals surface area contributed by atoms with Crippen molar-refractivity contribution in [2.45, 2.75) is 27.1 Å². The largest absolute Gasteiger partial charge is 0.369 e. The van der Waals surface area contributed by atoms with E-state index in [4.69, 9.17) is 0 Å². The van der Waals surface area contributed by atoms with Crippen LogP contribution in [-0.2, 0) is 26.3 Å². The van der Waals surface area contributed by atoms with E-state index in [0.717, 1.165) is 42.5 Å². The summed E-state index contributed by atoms with van der Waals surface area (Å²) in [7, 11) is -7.72. The molecule has 9 nitrogen and oxygen atoms in total. The second-order valence-electron chi connectivity index (χ2n) is 12.0. The van der Waals surface area contributed by atoms with Crippen molar-refractivity contribution in [1.29, 1.82) is 0 Å². The predicted molar refractivity (Wildman–Crippen MR) is 188 cm³/mol. The van der Waals surface area contributed by atoms with Crippen LogP contribution >= 0.6 is 0 Å². The molecule has 0 bridgehead atoms. The van der Waals surface area contributed by atoms with Crippen molar-refractivity contribution in [1.82, 2.24) is 19.6 Å². The van der Waals surface area contributed by atoms with Crippen LogP contribution in [0.25, 0.3) is 21.5 Å². The predicted octanol–water partition coefficient (Wildman–Crippen LogP) is 5.33. The monoisotopic (exact) mass is 677 g/mol. The molecular formula is C37H35N5O4S2. The standard InChI is InChI=1S/C37H35N5O4S2/c43-47(44,36-10-4-6-29-25-38-18-16-34(29)36)33-14-12-28(13-15-33)24-31(27-41-20-22-42(23-21-41)32-8-2-1-3-9-32)40-48(45,46)37-11-5-7-30-26-39-19-17-35(30)37/h1-19,25-26,31,40H,20-24,27H2. The van der Waals surface area contributed by atoms with E-state index >= 15 is 0 Å². The first kappa shape index (κ1) is 31.9. The number of hydrogen-bond acceptors (Lipinski definition) is 8. The molecule has 7 rings (SSSR count). The van der Waals surface area contributed by atoms with E-state index in [-0.39, 0.29) is 14.7 Å². The average molecular weight is 678 g/mol. The lowest BCUT2D eigenvalue weighted by molar-refractivity contribution is 0.236. The molecule has 1 aliphatic heterocycles. The van der Waals surface area contributed by atoms with Crippen molar-refractivity contribution < 1.29 is 16.8 Å². The summed E-state index contributed by atoms with van der Waals surface area (Å²) < 4.78 is 58.3. The number of pyridine rings is 2. The molecule has 48 heavy (non-hydrogen) atoms. The highest BCUT2D eigenvalue weighted by molar-refractivity contribution is 7.91. The van der Waals surface area contributed by atoms with Gasteiger partial charge in [-0.3, -0.25) is 14.9 Å². The lowest BCUT2D eigenvalue weighted by atomic mass is 10.1. The molecule has 1 aliphatic rings. The van der Waals surface area contributed by atoms with Crippen molar-refractivity contribution >= 4 is 47.1 Å². The van der Waals surface area contributed by atoms with Gasteiger partial charge in [-0.15, -0.1) is 0 Å². The molecule has 3 heterocycles. The minimum Gasteiger partial charge on any atom is -0.369 e. The van der Waals surface area contributed by atoms with E-state index < -0.39 is 25.9 Å². The zero-order valence-corrected chi connectivity index (χ0v) is 27.8. The van der Waals surface area contributed by atoms with Gasteiger partial charge in [-0.25, -0.2) is 21.6 Å². The van der Waals surface area contributed by atoms with Gasteiger partial charge in [0.05, 0.1) is 14.7 Å². The van der Waals surface area contributed by atoms with Crippen LogP contribution in [0.2, 0.25) is 0 Å². The van der Waals surface area contributed by atoms with Gasteiger partial charge in [0.1, 0.15) is 0 Å². The number of nitrogens with zero attached hydrogens (tertiary/aromatic N) is 4. The summed E-state index contributed by atoms with van der Waals surface area (Å²) >= 11 is 0. The molecule has 1 unspecified atom stereocenters. The third kappa shape index (κ3) is 6.67. The Hall–Kier alpha value is -4.68. The van der Waals surface area contributed by atoms with Gasteiger partial charge in [0.2, 0.25) is 19.9 Å². The number of sulfone groups is 1. The van der Waals surface area contributed by atoms with Crippen molar-refractivity contribution in [3.05, 3.63) is 133 Å². The van der Waals surface area contributed by atoms with Gasteiger partial charge in [0.25, 0.3) is 0 Å². The molecule has 0 saturated carbocycles. The molecule has 1 fully saturated rings. The fourth-order valence-electron chi connectivity index (χ4n) is 6.44. The first-order chi connectivity index (χ1) is 23.3. The smallest absolute Gasteiger partial charge is 0.241 e. The minimum atomic E-state index is -3.91. The molecule has 0 amide bonds. The number of rotatable bonds is 10. The molecule has 0 spiro atoms. The van der Waals surface area contributed by atoms with Crippen LogP contribution < -0.4 is 9.62 Å². The Morgan fingerprint density at radius 3 is 1.90 bits per heavy atom. The van der Waals surface area contributed by atoms with Crippen LogP contribution in [0.15, 0.2) is 143 Å². The van der Waals surface area contributed by atoms with E-state index in [1.54, 1.807) is 85.5 Å². The summed E-state index contributed by atoms with van der Waals surface area (Å²) in [6.45, 7) is 3.72. The Morgan fingerprint density at radius 2 is 1.25 bits per heavy atom. The third-order valence-electron chi connectivity index (χ3n) is 8.87. The second kappa shape index (κ2) is 13.4. The summed E-state index contributed by atoms with van der Waals surface area (Å²) in [6.07, 6.45) is 6.86. The normalized spacial score (nSPS) is 15.1. The average Bonchev–Trinajstić information content (AvgIpc) is 3.12. The van der Waals surface area contributed by atoms with E-state index in [1.807, 2.05) is 30.3 Å². The number of benzene rings is 4. The van der Waals surface area contributed by atoms with Crippen LogP contribution in [0.3, 0.4) is 0 Å². The number of piperazine rings is 1. The third-order valence-corrected chi connectivity index (χ3v) is 12.3. The Bertz CT molecular complexity index is 2260. The quantitative estimate of drug-likeness (QED) is 0.207. The highest BCUT2D eigenvalue weighted by atomic mass is 32.2. The van der Waals surface area contributed by atoms with Crippen LogP contribution in [0.1, 0.15) is 5.56 Å². The number of anilines is 1. The lowest BCUT2D eigenvalue weighted by Crippen LogP contribution is -2.52. The molecule has 1 atom stereocenters. The minimum absolute atomic E-state index is 0.175. The molecule has 4 aromatic carbocycles. The highest BCUT2D eigenvalue weighted by Crippen LogP contribution is 2.29. The second-order valence-corrected chi connectivity index (χ2v) is 15.6. The Kier molecular flexibility index (Phi) is 8.93. The molecule has 11 heteroatoms. The van der Waals surface area contributed by atoms with Crippen molar-refractivity contribution in [3.63, 3.8) is 0 Å². The van der Waals surface area contributed by atoms with E-state index in [0.29, 0.717) is 23.7 Å². The molecule has 2 aromatic heterocycles. The summed E-state index contributed by atoms with van der Waals surface area (Å²) in [5.41, 5.74) is 2.00.